The first-order chi connectivity index (χ1) is 14.6. The van der Waals surface area contributed by atoms with Gasteiger partial charge in [0.25, 0.3) is 0 Å². The molecule has 0 aliphatic carbocycles. The summed E-state index contributed by atoms with van der Waals surface area (Å²) in [6.45, 7) is 1.19. The minimum Gasteiger partial charge on any atom is -0.343 e. The number of amides is 1. The molecule has 6 nitrogen and oxygen atoms in total. The number of benzene rings is 2. The molecule has 0 unspecified atom stereocenters. The highest BCUT2D eigenvalue weighted by Gasteiger charge is 2.27. The number of rotatable bonds is 6. The molecular formula is C23H22FN3O3. The molecule has 1 fully saturated rings. The molecule has 7 heteroatoms. The quantitative estimate of drug-likeness (QED) is 0.571. The van der Waals surface area contributed by atoms with E-state index >= 15 is 0 Å². The number of hydrogen-bond donors (Lipinski definition) is 0. The van der Waals surface area contributed by atoms with E-state index in [-0.39, 0.29) is 36.3 Å². The predicted octanol–water partition coefficient (Wildman–Crippen LogP) is 4.24. The zero-order valence-electron chi connectivity index (χ0n) is 16.5. The summed E-state index contributed by atoms with van der Waals surface area (Å²) in [7, 11) is 0. The van der Waals surface area contributed by atoms with Crippen LogP contribution >= 0.6 is 0 Å². The smallest absolute Gasteiger partial charge is 0.230 e. The molecule has 0 atom stereocenters. The zero-order valence-corrected chi connectivity index (χ0v) is 16.5. The summed E-state index contributed by atoms with van der Waals surface area (Å²) in [6, 6.07) is 15.0. The first-order valence-corrected chi connectivity index (χ1v) is 10.1. The van der Waals surface area contributed by atoms with E-state index < -0.39 is 0 Å². The molecule has 30 heavy (non-hydrogen) atoms. The number of piperidine rings is 1. The Morgan fingerprint density at radius 3 is 2.40 bits per heavy atom. The molecule has 0 radical (unpaired) electrons. The Morgan fingerprint density at radius 1 is 1.00 bits per heavy atom. The van der Waals surface area contributed by atoms with Crippen LogP contribution in [0.2, 0.25) is 0 Å². The number of likely N-dealkylation sites (tertiary alicyclic amines) is 1. The Kier molecular flexibility index (Phi) is 5.97. The Labute approximate surface area is 173 Å². The minimum atomic E-state index is -0.315. The van der Waals surface area contributed by atoms with Gasteiger partial charge in [-0.25, -0.2) is 4.39 Å². The topological polar surface area (TPSA) is 76.3 Å². The second-order valence-corrected chi connectivity index (χ2v) is 7.41. The second kappa shape index (κ2) is 8.98. The van der Waals surface area contributed by atoms with Crippen molar-refractivity contribution in [1.29, 1.82) is 0 Å². The number of hydrogen-bond acceptors (Lipinski definition) is 5. The van der Waals surface area contributed by atoms with Crippen LogP contribution in [0.15, 0.2) is 59.1 Å². The van der Waals surface area contributed by atoms with Gasteiger partial charge in [0, 0.05) is 43.0 Å². The van der Waals surface area contributed by atoms with Gasteiger partial charge in [-0.15, -0.1) is 0 Å². The van der Waals surface area contributed by atoms with Crippen LogP contribution in [0.3, 0.4) is 0 Å². The lowest BCUT2D eigenvalue weighted by molar-refractivity contribution is -0.132. The molecule has 1 aliphatic rings. The van der Waals surface area contributed by atoms with Crippen LogP contribution in [-0.4, -0.2) is 39.8 Å². The Balaban J connectivity index is 1.28. The summed E-state index contributed by atoms with van der Waals surface area (Å²) in [5, 5.41) is 4.00. The Morgan fingerprint density at radius 2 is 1.70 bits per heavy atom. The summed E-state index contributed by atoms with van der Waals surface area (Å²) in [5.74, 6) is 0.726. The molecule has 1 saturated heterocycles. The molecule has 0 bridgehead atoms. The van der Waals surface area contributed by atoms with Gasteiger partial charge in [0.1, 0.15) is 5.82 Å². The summed E-state index contributed by atoms with van der Waals surface area (Å²) in [6.07, 6.45) is 1.88. The molecule has 0 N–H and O–H groups in total. The molecule has 2 aromatic carbocycles. The number of nitrogens with zero attached hydrogens (tertiary/aromatic N) is 3. The van der Waals surface area contributed by atoms with Crippen LogP contribution in [0.5, 0.6) is 0 Å². The van der Waals surface area contributed by atoms with Crippen LogP contribution in [-0.2, 0) is 4.79 Å². The Bertz CT molecular complexity index is 1010. The van der Waals surface area contributed by atoms with Crippen molar-refractivity contribution in [1.82, 2.24) is 15.0 Å². The van der Waals surface area contributed by atoms with Gasteiger partial charge in [-0.2, -0.15) is 4.98 Å². The summed E-state index contributed by atoms with van der Waals surface area (Å²) < 4.78 is 18.5. The molecule has 1 aliphatic heterocycles. The van der Waals surface area contributed by atoms with Gasteiger partial charge in [0.05, 0.1) is 0 Å². The maximum atomic E-state index is 13.1. The Hall–Kier alpha value is -3.35. The third-order valence-electron chi connectivity index (χ3n) is 5.40. The van der Waals surface area contributed by atoms with E-state index in [1.54, 1.807) is 29.2 Å². The minimum absolute atomic E-state index is 0.00439. The molecule has 0 spiro atoms. The fourth-order valence-electron chi connectivity index (χ4n) is 3.64. The predicted molar refractivity (Wildman–Crippen MR) is 108 cm³/mol. The number of halogens is 1. The maximum absolute atomic E-state index is 13.1. The van der Waals surface area contributed by atoms with Crippen molar-refractivity contribution < 1.29 is 18.5 Å². The fourth-order valence-corrected chi connectivity index (χ4v) is 3.64. The molecule has 0 saturated carbocycles. The van der Waals surface area contributed by atoms with Crippen molar-refractivity contribution >= 4 is 11.7 Å². The maximum Gasteiger partial charge on any atom is 0.230 e. The van der Waals surface area contributed by atoms with Gasteiger partial charge < -0.3 is 9.42 Å². The van der Waals surface area contributed by atoms with E-state index in [1.165, 1.54) is 12.1 Å². The van der Waals surface area contributed by atoms with Crippen LogP contribution in [0, 0.1) is 5.82 Å². The van der Waals surface area contributed by atoms with Crippen molar-refractivity contribution in [2.24, 2.45) is 0 Å². The summed E-state index contributed by atoms with van der Waals surface area (Å²) >= 11 is 0. The third kappa shape index (κ3) is 4.62. The monoisotopic (exact) mass is 407 g/mol. The lowest BCUT2D eigenvalue weighted by Crippen LogP contribution is -2.38. The van der Waals surface area contributed by atoms with Gasteiger partial charge >= 0.3 is 0 Å². The van der Waals surface area contributed by atoms with E-state index in [0.717, 1.165) is 12.8 Å². The highest BCUT2D eigenvalue weighted by Crippen LogP contribution is 2.29. The van der Waals surface area contributed by atoms with Crippen molar-refractivity contribution in [3.8, 4) is 11.4 Å². The molecule has 4 rings (SSSR count). The first-order valence-electron chi connectivity index (χ1n) is 10.1. The van der Waals surface area contributed by atoms with Gasteiger partial charge in [0.2, 0.25) is 17.6 Å². The average molecular weight is 407 g/mol. The molecule has 3 aromatic rings. The van der Waals surface area contributed by atoms with Crippen LogP contribution in [0.4, 0.5) is 4.39 Å². The largest absolute Gasteiger partial charge is 0.343 e. The number of carbonyl (C=O) groups excluding carboxylic acids is 2. The lowest BCUT2D eigenvalue weighted by atomic mass is 9.96. The van der Waals surface area contributed by atoms with Gasteiger partial charge in [-0.3, -0.25) is 9.59 Å². The van der Waals surface area contributed by atoms with Crippen molar-refractivity contribution in [3.63, 3.8) is 0 Å². The number of ketones is 1. The van der Waals surface area contributed by atoms with Gasteiger partial charge in [-0.05, 0) is 37.1 Å². The molecular weight excluding hydrogens is 385 g/mol. The summed E-state index contributed by atoms with van der Waals surface area (Å²) in [5.41, 5.74) is 1.33. The normalized spacial score (nSPS) is 14.6. The second-order valence-electron chi connectivity index (χ2n) is 7.41. The number of carbonyl (C=O) groups is 2. The zero-order chi connectivity index (χ0) is 20.9. The summed E-state index contributed by atoms with van der Waals surface area (Å²) in [4.78, 5) is 30.9. The molecule has 2 heterocycles. The first kappa shape index (κ1) is 19.9. The van der Waals surface area contributed by atoms with E-state index in [0.29, 0.717) is 35.9 Å². The van der Waals surface area contributed by atoms with Crippen LogP contribution < -0.4 is 0 Å². The third-order valence-corrected chi connectivity index (χ3v) is 5.40. The van der Waals surface area contributed by atoms with Gasteiger partial charge in [-0.1, -0.05) is 35.5 Å². The highest BCUT2D eigenvalue weighted by molar-refractivity contribution is 5.97. The molecule has 1 amide bonds. The standard InChI is InChI=1S/C23H22FN3O3/c24-19-8-6-17(7-9-19)22-25-23(30-26-22)18-12-14-27(15-13-18)21(29)11-10-20(28)16-4-2-1-3-5-16/h1-9,18H,10-15H2. The number of Topliss-reactive ketones (excluding diaryl/α,β-unsaturated/α-hetero) is 1. The fraction of sp³-hybridized carbons (Fsp3) is 0.304. The van der Waals surface area contributed by atoms with Crippen LogP contribution in [0.1, 0.15) is 47.8 Å². The molecule has 1 aromatic heterocycles. The van der Waals surface area contributed by atoms with Crippen molar-refractivity contribution in [2.45, 2.75) is 31.6 Å². The number of aromatic nitrogens is 2. The van der Waals surface area contributed by atoms with Gasteiger partial charge in [0.15, 0.2) is 5.78 Å². The van der Waals surface area contributed by atoms with E-state index in [4.69, 9.17) is 4.52 Å². The van der Waals surface area contributed by atoms with E-state index in [2.05, 4.69) is 10.1 Å². The highest BCUT2D eigenvalue weighted by atomic mass is 19.1. The SMILES string of the molecule is O=C(CCC(=O)N1CCC(c2nc(-c3ccc(F)cc3)no2)CC1)c1ccccc1. The van der Waals surface area contributed by atoms with E-state index in [1.807, 2.05) is 18.2 Å². The molecule has 154 valence electrons. The van der Waals surface area contributed by atoms with Crippen molar-refractivity contribution in [3.05, 3.63) is 71.9 Å². The van der Waals surface area contributed by atoms with Crippen LogP contribution in [0.25, 0.3) is 11.4 Å². The lowest BCUT2D eigenvalue weighted by Gasteiger charge is -2.30. The average Bonchev–Trinajstić information content (AvgIpc) is 3.29. The van der Waals surface area contributed by atoms with Crippen molar-refractivity contribution in [2.75, 3.05) is 13.1 Å². The van der Waals surface area contributed by atoms with E-state index in [9.17, 15) is 14.0 Å².